The number of nitrogens with one attached hydrogen (secondary N) is 2. The molecule has 0 bridgehead atoms. The molecule has 27 heavy (non-hydrogen) atoms. The van der Waals surface area contributed by atoms with Crippen LogP contribution in [0.25, 0.3) is 0 Å². The third-order valence-corrected chi connectivity index (χ3v) is 5.77. The molecule has 2 aliphatic rings. The lowest BCUT2D eigenvalue weighted by molar-refractivity contribution is -0.153. The number of carbonyl (C=O) groups excluding carboxylic acids is 4. The summed E-state index contributed by atoms with van der Waals surface area (Å²) in [5.41, 5.74) is 0. The molecule has 0 aliphatic heterocycles. The van der Waals surface area contributed by atoms with Crippen molar-refractivity contribution in [3.8, 4) is 0 Å². The van der Waals surface area contributed by atoms with E-state index in [2.05, 4.69) is 20.1 Å². The monoisotopic (exact) mass is 382 g/mol. The minimum atomic E-state index is -0.840. The molecule has 0 aromatic heterocycles. The van der Waals surface area contributed by atoms with E-state index in [9.17, 15) is 19.2 Å². The average molecular weight is 382 g/mol. The Hall–Kier alpha value is -2.12. The van der Waals surface area contributed by atoms with Gasteiger partial charge < -0.3 is 20.1 Å². The molecule has 0 unspecified atom stereocenters. The van der Waals surface area contributed by atoms with Gasteiger partial charge in [0.25, 0.3) is 0 Å². The molecule has 0 saturated heterocycles. The Labute approximate surface area is 159 Å². The normalized spacial score (nSPS) is 27.9. The van der Waals surface area contributed by atoms with Crippen LogP contribution in [0.1, 0.15) is 57.8 Å². The van der Waals surface area contributed by atoms with Gasteiger partial charge in [-0.2, -0.15) is 0 Å². The summed E-state index contributed by atoms with van der Waals surface area (Å²) >= 11 is 0. The topological polar surface area (TPSA) is 111 Å². The maximum Gasteiger partial charge on any atom is 0.396 e. The van der Waals surface area contributed by atoms with E-state index in [0.717, 1.165) is 57.8 Å². The highest BCUT2D eigenvalue weighted by atomic mass is 16.5. The highest BCUT2D eigenvalue weighted by Gasteiger charge is 2.29. The van der Waals surface area contributed by atoms with Crippen molar-refractivity contribution in [2.75, 3.05) is 14.2 Å². The van der Waals surface area contributed by atoms with Gasteiger partial charge in [0.05, 0.1) is 14.2 Å². The third-order valence-electron chi connectivity index (χ3n) is 5.77. The maximum absolute atomic E-state index is 11.6. The van der Waals surface area contributed by atoms with Crippen LogP contribution in [-0.2, 0) is 28.7 Å². The predicted octanol–water partition coefficient (Wildman–Crippen LogP) is 1.07. The molecule has 2 fully saturated rings. The summed E-state index contributed by atoms with van der Waals surface area (Å²) in [6.07, 6.45) is 8.90. The maximum atomic E-state index is 11.6. The molecular formula is C19H30N2O6. The zero-order valence-corrected chi connectivity index (χ0v) is 16.1. The zero-order chi connectivity index (χ0) is 19.8. The molecule has 0 atom stereocenters. The van der Waals surface area contributed by atoms with Crippen LogP contribution in [0.2, 0.25) is 0 Å². The van der Waals surface area contributed by atoms with Crippen LogP contribution in [0.5, 0.6) is 0 Å². The molecule has 0 heterocycles. The standard InChI is InChI=1S/C19H30N2O6/c1-26-18(24)16(22)20-14-7-3-12(4-8-14)11-13-5-9-15(10-6-13)21-17(23)19(25)27-2/h12-15H,3-11H2,1-2H3,(H,20,22)(H,21,23). The summed E-state index contributed by atoms with van der Waals surface area (Å²) in [5, 5.41) is 5.48. The summed E-state index contributed by atoms with van der Waals surface area (Å²) in [6, 6.07) is 0.106. The molecule has 0 aromatic rings. The van der Waals surface area contributed by atoms with Crippen molar-refractivity contribution < 1.29 is 28.7 Å². The molecular weight excluding hydrogens is 352 g/mol. The number of hydrogen-bond donors (Lipinski definition) is 2. The SMILES string of the molecule is COC(=O)C(=O)NC1CCC(CC2CCC(NC(=O)C(=O)OC)CC2)CC1. The third kappa shape index (κ3) is 6.52. The number of hydrogen-bond acceptors (Lipinski definition) is 6. The van der Waals surface area contributed by atoms with Gasteiger partial charge in [0.15, 0.2) is 0 Å². The minimum absolute atomic E-state index is 0.0529. The molecule has 0 radical (unpaired) electrons. The van der Waals surface area contributed by atoms with Gasteiger partial charge in [-0.05, 0) is 69.6 Å². The van der Waals surface area contributed by atoms with Gasteiger partial charge >= 0.3 is 23.8 Å². The van der Waals surface area contributed by atoms with Gasteiger partial charge in [0.1, 0.15) is 0 Å². The Morgan fingerprint density at radius 2 is 1.00 bits per heavy atom. The Morgan fingerprint density at radius 3 is 1.30 bits per heavy atom. The first-order valence-corrected chi connectivity index (χ1v) is 9.70. The van der Waals surface area contributed by atoms with Crippen LogP contribution in [0.4, 0.5) is 0 Å². The minimum Gasteiger partial charge on any atom is -0.462 e. The quantitative estimate of drug-likeness (QED) is 0.556. The van der Waals surface area contributed by atoms with Gasteiger partial charge in [-0.3, -0.25) is 9.59 Å². The Bertz CT molecular complexity index is 500. The van der Waals surface area contributed by atoms with Gasteiger partial charge in [0.2, 0.25) is 0 Å². The molecule has 0 spiro atoms. The molecule has 8 heteroatoms. The van der Waals surface area contributed by atoms with E-state index in [1.54, 1.807) is 0 Å². The number of esters is 2. The van der Waals surface area contributed by atoms with E-state index in [1.807, 2.05) is 0 Å². The van der Waals surface area contributed by atoms with Crippen LogP contribution in [0.15, 0.2) is 0 Å². The largest absolute Gasteiger partial charge is 0.462 e. The zero-order valence-electron chi connectivity index (χ0n) is 16.1. The first-order chi connectivity index (χ1) is 12.9. The van der Waals surface area contributed by atoms with Crippen LogP contribution in [0.3, 0.4) is 0 Å². The van der Waals surface area contributed by atoms with Crippen molar-refractivity contribution in [2.45, 2.75) is 69.9 Å². The fourth-order valence-corrected chi connectivity index (χ4v) is 4.23. The average Bonchev–Trinajstić information content (AvgIpc) is 2.69. The van der Waals surface area contributed by atoms with Crippen LogP contribution < -0.4 is 10.6 Å². The summed E-state index contributed by atoms with van der Waals surface area (Å²) in [7, 11) is 2.41. The summed E-state index contributed by atoms with van der Waals surface area (Å²) < 4.78 is 8.85. The van der Waals surface area contributed by atoms with Crippen molar-refractivity contribution in [3.05, 3.63) is 0 Å². The van der Waals surface area contributed by atoms with Crippen molar-refractivity contribution in [2.24, 2.45) is 11.8 Å². The van der Waals surface area contributed by atoms with Gasteiger partial charge in [-0.25, -0.2) is 9.59 Å². The predicted molar refractivity (Wildman–Crippen MR) is 96.4 cm³/mol. The lowest BCUT2D eigenvalue weighted by Gasteiger charge is -2.34. The van der Waals surface area contributed by atoms with E-state index in [-0.39, 0.29) is 12.1 Å². The lowest BCUT2D eigenvalue weighted by atomic mass is 9.75. The first kappa shape index (κ1) is 21.2. The van der Waals surface area contributed by atoms with Crippen LogP contribution in [0, 0.1) is 11.8 Å². The van der Waals surface area contributed by atoms with Crippen molar-refractivity contribution >= 4 is 23.8 Å². The molecule has 0 aromatic carbocycles. The number of methoxy groups -OCH3 is 2. The van der Waals surface area contributed by atoms with Crippen LogP contribution >= 0.6 is 0 Å². The Morgan fingerprint density at radius 1 is 0.667 bits per heavy atom. The van der Waals surface area contributed by atoms with Crippen LogP contribution in [-0.4, -0.2) is 50.1 Å². The summed E-state index contributed by atoms with van der Waals surface area (Å²) in [4.78, 5) is 45.5. The van der Waals surface area contributed by atoms with Crippen molar-refractivity contribution in [3.63, 3.8) is 0 Å². The van der Waals surface area contributed by atoms with Gasteiger partial charge in [0, 0.05) is 12.1 Å². The number of rotatable bonds is 4. The Balaban J connectivity index is 1.64. The number of amides is 2. The van der Waals surface area contributed by atoms with E-state index in [1.165, 1.54) is 14.2 Å². The molecule has 2 saturated carbocycles. The van der Waals surface area contributed by atoms with E-state index in [4.69, 9.17) is 0 Å². The first-order valence-electron chi connectivity index (χ1n) is 9.70. The lowest BCUT2D eigenvalue weighted by Crippen LogP contribution is -2.42. The second-order valence-electron chi connectivity index (χ2n) is 7.60. The van der Waals surface area contributed by atoms with Crippen molar-refractivity contribution in [1.29, 1.82) is 0 Å². The molecule has 2 aliphatic carbocycles. The van der Waals surface area contributed by atoms with E-state index in [0.29, 0.717) is 11.8 Å². The summed E-state index contributed by atoms with van der Waals surface area (Å²) in [6.45, 7) is 0. The number of carbonyl (C=O) groups is 4. The highest BCUT2D eigenvalue weighted by Crippen LogP contribution is 2.35. The number of ether oxygens (including phenoxy) is 2. The fraction of sp³-hybridized carbons (Fsp3) is 0.789. The molecule has 2 amide bonds. The van der Waals surface area contributed by atoms with Crippen molar-refractivity contribution in [1.82, 2.24) is 10.6 Å². The highest BCUT2D eigenvalue weighted by molar-refractivity contribution is 6.32. The smallest absolute Gasteiger partial charge is 0.396 e. The molecule has 2 N–H and O–H groups in total. The van der Waals surface area contributed by atoms with E-state index >= 15 is 0 Å². The Kier molecular flexibility index (Phi) is 8.06. The van der Waals surface area contributed by atoms with Gasteiger partial charge in [-0.15, -0.1) is 0 Å². The fourth-order valence-electron chi connectivity index (χ4n) is 4.23. The van der Waals surface area contributed by atoms with Gasteiger partial charge in [-0.1, -0.05) is 0 Å². The molecule has 8 nitrogen and oxygen atoms in total. The summed E-state index contributed by atoms with van der Waals surface area (Å²) in [5.74, 6) is -1.71. The second-order valence-corrected chi connectivity index (χ2v) is 7.60. The molecule has 2 rings (SSSR count). The van der Waals surface area contributed by atoms with E-state index < -0.39 is 23.8 Å². The second kappa shape index (κ2) is 10.3. The molecule has 152 valence electrons.